The molecule has 0 spiro atoms. The van der Waals surface area contributed by atoms with E-state index in [0.717, 1.165) is 5.56 Å². The molecule has 0 fully saturated rings. The van der Waals surface area contributed by atoms with Gasteiger partial charge < -0.3 is 19.7 Å². The SMILES string of the molecule is COc1ccc(Cl)cc1NC(=O)CCN(C(C)=O)c1cc(C)ccc1OC. The number of amides is 2. The van der Waals surface area contributed by atoms with E-state index in [-0.39, 0.29) is 24.8 Å². The van der Waals surface area contributed by atoms with Crippen molar-refractivity contribution in [3.8, 4) is 11.5 Å². The molecule has 2 amide bonds. The topological polar surface area (TPSA) is 67.9 Å². The van der Waals surface area contributed by atoms with Gasteiger partial charge in [-0.2, -0.15) is 0 Å². The van der Waals surface area contributed by atoms with Crippen LogP contribution in [0.5, 0.6) is 11.5 Å². The van der Waals surface area contributed by atoms with Gasteiger partial charge >= 0.3 is 0 Å². The van der Waals surface area contributed by atoms with Crippen LogP contribution in [0, 0.1) is 6.92 Å². The van der Waals surface area contributed by atoms with Crippen molar-refractivity contribution < 1.29 is 19.1 Å². The first-order chi connectivity index (χ1) is 12.8. The number of methoxy groups -OCH3 is 2. The van der Waals surface area contributed by atoms with Gasteiger partial charge in [-0.25, -0.2) is 0 Å². The number of carbonyl (C=O) groups excluding carboxylic acids is 2. The lowest BCUT2D eigenvalue weighted by molar-refractivity contribution is -0.117. The molecule has 0 heterocycles. The third-order valence-electron chi connectivity index (χ3n) is 4.00. The van der Waals surface area contributed by atoms with Crippen LogP contribution in [0.25, 0.3) is 0 Å². The van der Waals surface area contributed by atoms with Crippen LogP contribution in [0.1, 0.15) is 18.9 Å². The summed E-state index contributed by atoms with van der Waals surface area (Å²) in [6.07, 6.45) is 0.104. The Kier molecular flexibility index (Phi) is 7.07. The summed E-state index contributed by atoms with van der Waals surface area (Å²) in [5.41, 5.74) is 2.11. The number of aryl methyl sites for hydroxylation is 1. The van der Waals surface area contributed by atoms with Crippen molar-refractivity contribution in [3.63, 3.8) is 0 Å². The molecule has 0 aliphatic rings. The second-order valence-electron chi connectivity index (χ2n) is 5.99. The average Bonchev–Trinajstić information content (AvgIpc) is 2.62. The summed E-state index contributed by atoms with van der Waals surface area (Å²) in [7, 11) is 3.06. The molecule has 0 atom stereocenters. The van der Waals surface area contributed by atoms with E-state index in [1.165, 1.54) is 18.9 Å². The molecule has 144 valence electrons. The van der Waals surface area contributed by atoms with Crippen LogP contribution < -0.4 is 19.7 Å². The highest BCUT2D eigenvalue weighted by molar-refractivity contribution is 6.31. The molecule has 0 unspecified atom stereocenters. The minimum absolute atomic E-state index is 0.104. The van der Waals surface area contributed by atoms with Crippen LogP contribution in [0.3, 0.4) is 0 Å². The third-order valence-corrected chi connectivity index (χ3v) is 4.24. The van der Waals surface area contributed by atoms with Crippen LogP contribution in [0.15, 0.2) is 36.4 Å². The van der Waals surface area contributed by atoms with E-state index in [0.29, 0.717) is 27.9 Å². The van der Waals surface area contributed by atoms with Gasteiger partial charge in [0.15, 0.2) is 0 Å². The van der Waals surface area contributed by atoms with Crippen molar-refractivity contribution in [3.05, 3.63) is 47.0 Å². The Hall–Kier alpha value is -2.73. The quantitative estimate of drug-likeness (QED) is 0.774. The normalized spacial score (nSPS) is 10.3. The summed E-state index contributed by atoms with van der Waals surface area (Å²) < 4.78 is 10.6. The van der Waals surface area contributed by atoms with Gasteiger partial charge in [0.1, 0.15) is 11.5 Å². The number of anilines is 2. The second-order valence-corrected chi connectivity index (χ2v) is 6.43. The Bertz CT molecular complexity index is 839. The van der Waals surface area contributed by atoms with Crippen LogP contribution in [-0.2, 0) is 9.59 Å². The maximum atomic E-state index is 12.4. The lowest BCUT2D eigenvalue weighted by atomic mass is 10.1. The number of nitrogens with one attached hydrogen (secondary N) is 1. The van der Waals surface area contributed by atoms with Gasteiger partial charge in [-0.3, -0.25) is 9.59 Å². The monoisotopic (exact) mass is 390 g/mol. The summed E-state index contributed by atoms with van der Waals surface area (Å²) in [5.74, 6) is 0.657. The van der Waals surface area contributed by atoms with Crippen molar-refractivity contribution in [1.82, 2.24) is 0 Å². The van der Waals surface area contributed by atoms with Gasteiger partial charge in [0, 0.05) is 24.9 Å². The zero-order chi connectivity index (χ0) is 20.0. The molecule has 0 saturated carbocycles. The van der Waals surface area contributed by atoms with E-state index in [9.17, 15) is 9.59 Å². The lowest BCUT2D eigenvalue weighted by Crippen LogP contribution is -2.32. The predicted molar refractivity (Wildman–Crippen MR) is 107 cm³/mol. The van der Waals surface area contributed by atoms with Crippen LogP contribution in [0.4, 0.5) is 11.4 Å². The van der Waals surface area contributed by atoms with Crippen molar-refractivity contribution in [2.24, 2.45) is 0 Å². The minimum Gasteiger partial charge on any atom is -0.495 e. The number of benzene rings is 2. The Morgan fingerprint density at radius 1 is 1.07 bits per heavy atom. The molecule has 7 heteroatoms. The fourth-order valence-electron chi connectivity index (χ4n) is 2.66. The Labute approximate surface area is 164 Å². The number of carbonyl (C=O) groups is 2. The first kappa shape index (κ1) is 20.6. The molecular weight excluding hydrogens is 368 g/mol. The van der Waals surface area contributed by atoms with E-state index >= 15 is 0 Å². The Balaban J connectivity index is 2.13. The van der Waals surface area contributed by atoms with E-state index in [2.05, 4.69) is 5.32 Å². The standard InChI is InChI=1S/C20H23ClN2O4/c1-13-5-7-19(27-4)17(11-13)23(14(2)24)10-9-20(25)22-16-12-15(21)6-8-18(16)26-3/h5-8,11-12H,9-10H2,1-4H3,(H,22,25). The number of halogens is 1. The third kappa shape index (κ3) is 5.37. The van der Waals surface area contributed by atoms with Crippen LogP contribution in [-0.4, -0.2) is 32.6 Å². The van der Waals surface area contributed by atoms with Gasteiger partial charge in [0.05, 0.1) is 25.6 Å². The van der Waals surface area contributed by atoms with Gasteiger partial charge in [-0.15, -0.1) is 0 Å². The highest BCUT2D eigenvalue weighted by Gasteiger charge is 2.18. The smallest absolute Gasteiger partial charge is 0.226 e. The molecule has 0 bridgehead atoms. The molecule has 2 rings (SSSR count). The molecule has 0 aliphatic heterocycles. The highest BCUT2D eigenvalue weighted by Crippen LogP contribution is 2.30. The predicted octanol–water partition coefficient (Wildman–Crippen LogP) is 4.05. The number of nitrogens with zero attached hydrogens (tertiary/aromatic N) is 1. The van der Waals surface area contributed by atoms with E-state index in [1.807, 2.05) is 19.1 Å². The Morgan fingerprint density at radius 3 is 2.37 bits per heavy atom. The minimum atomic E-state index is -0.256. The molecule has 2 aromatic rings. The zero-order valence-corrected chi connectivity index (χ0v) is 16.6. The zero-order valence-electron chi connectivity index (χ0n) is 15.8. The summed E-state index contributed by atoms with van der Waals surface area (Å²) in [4.78, 5) is 26.1. The summed E-state index contributed by atoms with van der Waals surface area (Å²) in [6.45, 7) is 3.60. The highest BCUT2D eigenvalue weighted by atomic mass is 35.5. The maximum Gasteiger partial charge on any atom is 0.226 e. The first-order valence-corrected chi connectivity index (χ1v) is 8.79. The summed E-state index contributed by atoms with van der Waals surface area (Å²) in [5, 5.41) is 3.26. The van der Waals surface area contributed by atoms with E-state index < -0.39 is 0 Å². The van der Waals surface area contributed by atoms with Gasteiger partial charge in [0.25, 0.3) is 0 Å². The lowest BCUT2D eigenvalue weighted by Gasteiger charge is -2.23. The molecule has 1 N–H and O–H groups in total. The molecule has 2 aromatic carbocycles. The summed E-state index contributed by atoms with van der Waals surface area (Å²) >= 11 is 5.98. The first-order valence-electron chi connectivity index (χ1n) is 8.42. The molecule has 27 heavy (non-hydrogen) atoms. The fourth-order valence-corrected chi connectivity index (χ4v) is 2.83. The Morgan fingerprint density at radius 2 is 1.74 bits per heavy atom. The molecular formula is C20H23ClN2O4. The van der Waals surface area contributed by atoms with Gasteiger partial charge in [-0.05, 0) is 42.8 Å². The number of rotatable bonds is 7. The molecule has 0 saturated heterocycles. The fraction of sp³-hybridized carbons (Fsp3) is 0.300. The molecule has 6 nitrogen and oxygen atoms in total. The van der Waals surface area contributed by atoms with Crippen molar-refractivity contribution >= 4 is 34.8 Å². The number of hydrogen-bond donors (Lipinski definition) is 1. The number of hydrogen-bond acceptors (Lipinski definition) is 4. The summed E-state index contributed by atoms with van der Waals surface area (Å²) in [6, 6.07) is 10.5. The van der Waals surface area contributed by atoms with Gasteiger partial charge in [-0.1, -0.05) is 17.7 Å². The van der Waals surface area contributed by atoms with Crippen molar-refractivity contribution in [2.45, 2.75) is 20.3 Å². The van der Waals surface area contributed by atoms with Crippen molar-refractivity contribution in [2.75, 3.05) is 31.0 Å². The largest absolute Gasteiger partial charge is 0.495 e. The van der Waals surface area contributed by atoms with Crippen LogP contribution in [0.2, 0.25) is 5.02 Å². The molecule has 0 aromatic heterocycles. The van der Waals surface area contributed by atoms with E-state index in [4.69, 9.17) is 21.1 Å². The van der Waals surface area contributed by atoms with Gasteiger partial charge in [0.2, 0.25) is 11.8 Å². The molecule has 0 aliphatic carbocycles. The number of ether oxygens (including phenoxy) is 2. The van der Waals surface area contributed by atoms with Crippen LogP contribution >= 0.6 is 11.6 Å². The maximum absolute atomic E-state index is 12.4. The second kappa shape index (κ2) is 9.28. The average molecular weight is 391 g/mol. The van der Waals surface area contributed by atoms with Crippen molar-refractivity contribution in [1.29, 1.82) is 0 Å². The van der Waals surface area contributed by atoms with E-state index in [1.54, 1.807) is 31.4 Å². The molecule has 0 radical (unpaired) electrons.